The molecule has 1 atom stereocenters. The van der Waals surface area contributed by atoms with E-state index in [-0.39, 0.29) is 0 Å². The molecule has 1 fully saturated rings. The predicted molar refractivity (Wildman–Crippen MR) is 79.2 cm³/mol. The van der Waals surface area contributed by atoms with Crippen LogP contribution in [0.1, 0.15) is 25.3 Å². The van der Waals surface area contributed by atoms with Crippen LogP contribution in [-0.2, 0) is 11.3 Å². The van der Waals surface area contributed by atoms with Gasteiger partial charge in [-0.1, -0.05) is 30.3 Å². The fourth-order valence-electron chi connectivity index (χ4n) is 2.52. The van der Waals surface area contributed by atoms with Crippen LogP contribution in [-0.4, -0.2) is 43.7 Å². The molecule has 1 aromatic rings. The zero-order valence-electron chi connectivity index (χ0n) is 12.0. The summed E-state index contributed by atoms with van der Waals surface area (Å²) in [6.07, 6.45) is 2.40. The molecule has 0 radical (unpaired) electrons. The average molecular weight is 262 g/mol. The minimum absolute atomic E-state index is 0.642. The van der Waals surface area contributed by atoms with E-state index in [4.69, 9.17) is 4.74 Å². The van der Waals surface area contributed by atoms with Gasteiger partial charge in [-0.05, 0) is 31.9 Å². The average Bonchev–Trinajstić information content (AvgIpc) is 2.44. The summed E-state index contributed by atoms with van der Waals surface area (Å²) >= 11 is 0. The molecule has 1 saturated heterocycles. The van der Waals surface area contributed by atoms with E-state index >= 15 is 0 Å². The summed E-state index contributed by atoms with van der Waals surface area (Å²) in [6.45, 7) is 8.59. The highest BCUT2D eigenvalue weighted by molar-refractivity contribution is 5.13. The van der Waals surface area contributed by atoms with Gasteiger partial charge in [-0.25, -0.2) is 0 Å². The first kappa shape index (κ1) is 14.5. The Morgan fingerprint density at radius 2 is 2.11 bits per heavy atom. The van der Waals surface area contributed by atoms with Gasteiger partial charge in [0, 0.05) is 32.3 Å². The Balaban J connectivity index is 1.48. The Labute approximate surface area is 116 Å². The molecule has 1 aliphatic heterocycles. The normalized spacial score (nSPS) is 20.6. The third-order valence-electron chi connectivity index (χ3n) is 3.58. The van der Waals surface area contributed by atoms with Crippen molar-refractivity contribution in [1.82, 2.24) is 10.2 Å². The van der Waals surface area contributed by atoms with Gasteiger partial charge in [0.05, 0.1) is 6.61 Å². The standard InChI is InChI=1S/C16H26N2O/c1-15-13-18(11-9-17-15)10-5-6-12-19-14-16-7-3-2-4-8-16/h2-4,7-8,15,17H,5-6,9-14H2,1H3/t15-/m0/s1. The maximum Gasteiger partial charge on any atom is 0.0716 e. The van der Waals surface area contributed by atoms with Crippen molar-refractivity contribution in [2.75, 3.05) is 32.8 Å². The maximum atomic E-state index is 5.70. The van der Waals surface area contributed by atoms with Gasteiger partial charge >= 0.3 is 0 Å². The molecule has 0 bridgehead atoms. The van der Waals surface area contributed by atoms with E-state index in [1.54, 1.807) is 0 Å². The van der Waals surface area contributed by atoms with Gasteiger partial charge in [-0.2, -0.15) is 0 Å². The van der Waals surface area contributed by atoms with Gasteiger partial charge in [0.25, 0.3) is 0 Å². The van der Waals surface area contributed by atoms with E-state index in [0.717, 1.165) is 26.2 Å². The van der Waals surface area contributed by atoms with Crippen molar-refractivity contribution in [3.63, 3.8) is 0 Å². The molecule has 1 aromatic carbocycles. The van der Waals surface area contributed by atoms with Gasteiger partial charge in [0.1, 0.15) is 0 Å². The number of ether oxygens (including phenoxy) is 1. The molecule has 1 N–H and O–H groups in total. The van der Waals surface area contributed by atoms with E-state index in [9.17, 15) is 0 Å². The SMILES string of the molecule is C[C@H]1CN(CCCCOCc2ccccc2)CCN1. The second-order valence-corrected chi connectivity index (χ2v) is 5.40. The highest BCUT2D eigenvalue weighted by atomic mass is 16.5. The molecule has 3 nitrogen and oxygen atoms in total. The Hall–Kier alpha value is -0.900. The van der Waals surface area contributed by atoms with Gasteiger partial charge in [-0.3, -0.25) is 0 Å². The summed E-state index contributed by atoms with van der Waals surface area (Å²) in [7, 11) is 0. The molecule has 0 saturated carbocycles. The first-order valence-electron chi connectivity index (χ1n) is 7.42. The van der Waals surface area contributed by atoms with Crippen molar-refractivity contribution in [2.24, 2.45) is 0 Å². The van der Waals surface area contributed by atoms with Crippen molar-refractivity contribution in [3.05, 3.63) is 35.9 Å². The lowest BCUT2D eigenvalue weighted by molar-refractivity contribution is 0.112. The molecule has 19 heavy (non-hydrogen) atoms. The molecule has 0 spiro atoms. The molecular formula is C16H26N2O. The summed E-state index contributed by atoms with van der Waals surface area (Å²) in [4.78, 5) is 2.55. The number of rotatable bonds is 7. The second-order valence-electron chi connectivity index (χ2n) is 5.40. The lowest BCUT2D eigenvalue weighted by Gasteiger charge is -2.31. The van der Waals surface area contributed by atoms with Gasteiger partial charge in [0.15, 0.2) is 0 Å². The van der Waals surface area contributed by atoms with Crippen molar-refractivity contribution >= 4 is 0 Å². The number of unbranched alkanes of at least 4 members (excludes halogenated alkanes) is 1. The maximum absolute atomic E-state index is 5.70. The van der Waals surface area contributed by atoms with E-state index in [1.807, 2.05) is 6.07 Å². The zero-order chi connectivity index (χ0) is 13.3. The molecule has 0 amide bonds. The monoisotopic (exact) mass is 262 g/mol. The molecular weight excluding hydrogens is 236 g/mol. The van der Waals surface area contributed by atoms with Crippen molar-refractivity contribution in [1.29, 1.82) is 0 Å². The summed E-state index contributed by atoms with van der Waals surface area (Å²) in [5.74, 6) is 0. The van der Waals surface area contributed by atoms with Crippen LogP contribution in [0.2, 0.25) is 0 Å². The third kappa shape index (κ3) is 5.72. The summed E-state index contributed by atoms with van der Waals surface area (Å²) in [5.41, 5.74) is 1.26. The number of nitrogens with zero attached hydrogens (tertiary/aromatic N) is 1. The Morgan fingerprint density at radius 3 is 2.89 bits per heavy atom. The van der Waals surface area contributed by atoms with E-state index in [2.05, 4.69) is 41.4 Å². The lowest BCUT2D eigenvalue weighted by Crippen LogP contribution is -2.49. The number of nitrogens with one attached hydrogen (secondary N) is 1. The van der Waals surface area contributed by atoms with Crippen molar-refractivity contribution in [2.45, 2.75) is 32.4 Å². The lowest BCUT2D eigenvalue weighted by atomic mass is 10.2. The Bertz CT molecular complexity index is 342. The number of benzene rings is 1. The van der Waals surface area contributed by atoms with Crippen LogP contribution in [0, 0.1) is 0 Å². The zero-order valence-corrected chi connectivity index (χ0v) is 12.0. The molecule has 0 aliphatic carbocycles. The van der Waals surface area contributed by atoms with Crippen LogP contribution in [0.15, 0.2) is 30.3 Å². The smallest absolute Gasteiger partial charge is 0.0716 e. The summed E-state index contributed by atoms with van der Waals surface area (Å²) in [6, 6.07) is 11.0. The molecule has 106 valence electrons. The van der Waals surface area contributed by atoms with Crippen LogP contribution in [0.4, 0.5) is 0 Å². The summed E-state index contributed by atoms with van der Waals surface area (Å²) < 4.78 is 5.70. The van der Waals surface area contributed by atoms with Crippen molar-refractivity contribution in [3.8, 4) is 0 Å². The van der Waals surface area contributed by atoms with Gasteiger partial charge in [-0.15, -0.1) is 0 Å². The quantitative estimate of drug-likeness (QED) is 0.763. The Kier molecular flexibility index (Phi) is 6.34. The minimum Gasteiger partial charge on any atom is -0.377 e. The molecule has 3 heteroatoms. The van der Waals surface area contributed by atoms with Crippen LogP contribution in [0.25, 0.3) is 0 Å². The predicted octanol–water partition coefficient (Wildman–Crippen LogP) is 2.28. The fourth-order valence-corrected chi connectivity index (χ4v) is 2.52. The van der Waals surface area contributed by atoms with E-state index in [0.29, 0.717) is 6.04 Å². The molecule has 0 aromatic heterocycles. The summed E-state index contributed by atoms with van der Waals surface area (Å²) in [5, 5.41) is 3.47. The molecule has 0 unspecified atom stereocenters. The fraction of sp³-hybridized carbons (Fsp3) is 0.625. The Morgan fingerprint density at radius 1 is 1.26 bits per heavy atom. The molecule has 2 rings (SSSR count). The number of hydrogen-bond acceptors (Lipinski definition) is 3. The second kappa shape index (κ2) is 8.31. The largest absolute Gasteiger partial charge is 0.377 e. The van der Waals surface area contributed by atoms with Crippen molar-refractivity contribution < 1.29 is 4.74 Å². The van der Waals surface area contributed by atoms with Gasteiger partial charge in [0.2, 0.25) is 0 Å². The number of piperazine rings is 1. The van der Waals surface area contributed by atoms with Gasteiger partial charge < -0.3 is 15.0 Å². The molecule has 1 aliphatic rings. The van der Waals surface area contributed by atoms with Crippen LogP contribution < -0.4 is 5.32 Å². The topological polar surface area (TPSA) is 24.5 Å². The van der Waals surface area contributed by atoms with E-state index < -0.39 is 0 Å². The number of hydrogen-bond donors (Lipinski definition) is 1. The van der Waals surface area contributed by atoms with Crippen LogP contribution >= 0.6 is 0 Å². The minimum atomic E-state index is 0.642. The first-order chi connectivity index (χ1) is 9.34. The highest BCUT2D eigenvalue weighted by Crippen LogP contribution is 2.04. The van der Waals surface area contributed by atoms with E-state index in [1.165, 1.54) is 31.6 Å². The molecule has 1 heterocycles. The van der Waals surface area contributed by atoms with Crippen LogP contribution in [0.3, 0.4) is 0 Å². The third-order valence-corrected chi connectivity index (χ3v) is 3.58. The first-order valence-corrected chi connectivity index (χ1v) is 7.42. The van der Waals surface area contributed by atoms with Crippen LogP contribution in [0.5, 0.6) is 0 Å². The highest BCUT2D eigenvalue weighted by Gasteiger charge is 2.14.